The summed E-state index contributed by atoms with van der Waals surface area (Å²) >= 11 is 0. The molecule has 0 spiro atoms. The van der Waals surface area contributed by atoms with Crippen LogP contribution in [-0.2, 0) is 0 Å². The van der Waals surface area contributed by atoms with Gasteiger partial charge in [-0.15, -0.1) is 0 Å². The molecule has 0 unspecified atom stereocenters. The minimum absolute atomic E-state index is 0.239. The van der Waals surface area contributed by atoms with Crippen molar-refractivity contribution in [2.45, 2.75) is 45.1 Å². The largest absolute Gasteiger partial charge is 0.296 e. The second-order valence-corrected chi connectivity index (χ2v) is 5.50. The van der Waals surface area contributed by atoms with Gasteiger partial charge in [-0.2, -0.15) is 0 Å². The second kappa shape index (κ2) is 6.14. The number of hydrogen-bond donors (Lipinski definition) is 0. The molecule has 1 aliphatic rings. The van der Waals surface area contributed by atoms with Crippen molar-refractivity contribution in [3.8, 4) is 0 Å². The number of ketones is 1. The minimum Gasteiger partial charge on any atom is -0.296 e. The van der Waals surface area contributed by atoms with Crippen LogP contribution in [0.2, 0.25) is 0 Å². The van der Waals surface area contributed by atoms with E-state index in [2.05, 4.69) is 11.9 Å². The van der Waals surface area contributed by atoms with Crippen LogP contribution < -0.4 is 0 Å². The standard InChI is InChI=1S/C16H23NO/c1-13-8-10-14(11-9-13)16(18)12-17(2)15-6-4-3-5-7-15/h8-11,15H,3-7,12H2,1-2H3. The predicted octanol–water partition coefficient (Wildman–Crippen LogP) is 3.44. The van der Waals surface area contributed by atoms with Crippen LogP contribution in [-0.4, -0.2) is 30.3 Å². The molecule has 2 heteroatoms. The number of hydrogen-bond acceptors (Lipinski definition) is 2. The first-order valence-corrected chi connectivity index (χ1v) is 6.97. The molecule has 0 aromatic heterocycles. The second-order valence-electron chi connectivity index (χ2n) is 5.50. The van der Waals surface area contributed by atoms with E-state index >= 15 is 0 Å². The molecule has 1 aromatic carbocycles. The van der Waals surface area contributed by atoms with E-state index in [1.165, 1.54) is 37.7 Å². The Bertz CT molecular complexity index is 390. The van der Waals surface area contributed by atoms with Crippen molar-refractivity contribution < 1.29 is 4.79 Å². The fourth-order valence-corrected chi connectivity index (χ4v) is 2.71. The van der Waals surface area contributed by atoms with Gasteiger partial charge in [-0.1, -0.05) is 49.1 Å². The zero-order valence-corrected chi connectivity index (χ0v) is 11.5. The highest BCUT2D eigenvalue weighted by Crippen LogP contribution is 2.21. The van der Waals surface area contributed by atoms with Crippen LogP contribution in [0.25, 0.3) is 0 Å². The Kier molecular flexibility index (Phi) is 4.54. The number of Topliss-reactive ketones (excluding diaryl/α,β-unsaturated/α-hetero) is 1. The molecule has 0 amide bonds. The van der Waals surface area contributed by atoms with Crippen molar-refractivity contribution in [1.29, 1.82) is 0 Å². The first-order valence-electron chi connectivity index (χ1n) is 6.97. The summed E-state index contributed by atoms with van der Waals surface area (Å²) in [5.74, 6) is 0.239. The smallest absolute Gasteiger partial charge is 0.176 e. The van der Waals surface area contributed by atoms with Crippen LogP contribution in [0.5, 0.6) is 0 Å². The lowest BCUT2D eigenvalue weighted by Crippen LogP contribution is -2.37. The number of carbonyl (C=O) groups is 1. The summed E-state index contributed by atoms with van der Waals surface area (Å²) in [6.07, 6.45) is 6.48. The van der Waals surface area contributed by atoms with Crippen molar-refractivity contribution in [2.24, 2.45) is 0 Å². The van der Waals surface area contributed by atoms with Crippen LogP contribution in [0.4, 0.5) is 0 Å². The summed E-state index contributed by atoms with van der Waals surface area (Å²) in [7, 11) is 2.09. The molecule has 0 radical (unpaired) electrons. The van der Waals surface area contributed by atoms with Gasteiger partial charge < -0.3 is 0 Å². The van der Waals surface area contributed by atoms with E-state index in [1.807, 2.05) is 31.2 Å². The zero-order valence-electron chi connectivity index (χ0n) is 11.5. The summed E-state index contributed by atoms with van der Waals surface area (Å²) in [4.78, 5) is 14.4. The van der Waals surface area contributed by atoms with Gasteiger partial charge in [0.15, 0.2) is 5.78 Å². The molecule has 1 aromatic rings. The van der Waals surface area contributed by atoms with E-state index in [1.54, 1.807) is 0 Å². The van der Waals surface area contributed by atoms with Crippen molar-refractivity contribution in [3.05, 3.63) is 35.4 Å². The van der Waals surface area contributed by atoms with Crippen LogP contribution in [0.1, 0.15) is 48.0 Å². The topological polar surface area (TPSA) is 20.3 Å². The Hall–Kier alpha value is -1.15. The molecule has 0 aliphatic heterocycles. The first-order chi connectivity index (χ1) is 8.66. The molecule has 1 saturated carbocycles. The molecule has 0 bridgehead atoms. The monoisotopic (exact) mass is 245 g/mol. The number of benzene rings is 1. The molecule has 1 fully saturated rings. The molecule has 98 valence electrons. The van der Waals surface area contributed by atoms with Crippen molar-refractivity contribution in [3.63, 3.8) is 0 Å². The van der Waals surface area contributed by atoms with Crippen molar-refractivity contribution >= 4 is 5.78 Å². The quantitative estimate of drug-likeness (QED) is 0.757. The van der Waals surface area contributed by atoms with Gasteiger partial charge in [0.25, 0.3) is 0 Å². The normalized spacial score (nSPS) is 17.1. The van der Waals surface area contributed by atoms with Crippen LogP contribution in [0.15, 0.2) is 24.3 Å². The lowest BCUT2D eigenvalue weighted by Gasteiger charge is -2.30. The van der Waals surface area contributed by atoms with E-state index in [0.29, 0.717) is 12.6 Å². The third kappa shape index (κ3) is 3.42. The van der Waals surface area contributed by atoms with E-state index < -0.39 is 0 Å². The fraction of sp³-hybridized carbons (Fsp3) is 0.562. The summed E-state index contributed by atoms with van der Waals surface area (Å²) in [6.45, 7) is 2.59. The maximum atomic E-state index is 12.2. The lowest BCUT2D eigenvalue weighted by molar-refractivity contribution is 0.0899. The van der Waals surface area contributed by atoms with E-state index in [-0.39, 0.29) is 5.78 Å². The molecule has 18 heavy (non-hydrogen) atoms. The Morgan fingerprint density at radius 2 is 1.78 bits per heavy atom. The SMILES string of the molecule is Cc1ccc(C(=O)CN(C)C2CCCCC2)cc1. The van der Waals surface area contributed by atoms with Gasteiger partial charge >= 0.3 is 0 Å². The molecule has 2 nitrogen and oxygen atoms in total. The molecular weight excluding hydrogens is 222 g/mol. The van der Waals surface area contributed by atoms with Gasteiger partial charge in [0.05, 0.1) is 6.54 Å². The van der Waals surface area contributed by atoms with E-state index in [4.69, 9.17) is 0 Å². The Balaban J connectivity index is 1.91. The number of likely N-dealkylation sites (N-methyl/N-ethyl adjacent to an activating group) is 1. The van der Waals surface area contributed by atoms with Gasteiger partial charge in [0.1, 0.15) is 0 Å². The van der Waals surface area contributed by atoms with Gasteiger partial charge in [-0.25, -0.2) is 0 Å². The molecule has 2 rings (SSSR count). The molecule has 0 heterocycles. The highest BCUT2D eigenvalue weighted by Gasteiger charge is 2.20. The molecule has 0 saturated heterocycles. The van der Waals surface area contributed by atoms with E-state index in [0.717, 1.165) is 5.56 Å². The number of aryl methyl sites for hydroxylation is 1. The number of nitrogens with zero attached hydrogens (tertiary/aromatic N) is 1. The van der Waals surface area contributed by atoms with Crippen LogP contribution in [0, 0.1) is 6.92 Å². The maximum absolute atomic E-state index is 12.2. The third-order valence-electron chi connectivity index (χ3n) is 3.96. The van der Waals surface area contributed by atoms with Crippen molar-refractivity contribution in [2.75, 3.05) is 13.6 Å². The van der Waals surface area contributed by atoms with Gasteiger partial charge in [-0.3, -0.25) is 9.69 Å². The summed E-state index contributed by atoms with van der Waals surface area (Å²) in [5, 5.41) is 0. The van der Waals surface area contributed by atoms with Crippen molar-refractivity contribution in [1.82, 2.24) is 4.90 Å². The fourth-order valence-electron chi connectivity index (χ4n) is 2.71. The molecule has 0 N–H and O–H groups in total. The molecule has 1 aliphatic carbocycles. The van der Waals surface area contributed by atoms with Crippen LogP contribution in [0.3, 0.4) is 0 Å². The number of rotatable bonds is 4. The average Bonchev–Trinajstić information content (AvgIpc) is 2.40. The molecular formula is C16H23NO. The van der Waals surface area contributed by atoms with Gasteiger partial charge in [-0.05, 0) is 26.8 Å². The predicted molar refractivity (Wildman–Crippen MR) is 75.0 cm³/mol. The van der Waals surface area contributed by atoms with E-state index in [9.17, 15) is 4.79 Å². The summed E-state index contributed by atoms with van der Waals surface area (Å²) in [5.41, 5.74) is 2.04. The number of carbonyl (C=O) groups excluding carboxylic acids is 1. The Morgan fingerprint density at radius 1 is 1.17 bits per heavy atom. The highest BCUT2D eigenvalue weighted by atomic mass is 16.1. The third-order valence-corrected chi connectivity index (χ3v) is 3.96. The first kappa shape index (κ1) is 13.3. The Morgan fingerprint density at radius 3 is 2.39 bits per heavy atom. The molecule has 0 atom stereocenters. The van der Waals surface area contributed by atoms with Gasteiger partial charge in [0.2, 0.25) is 0 Å². The minimum atomic E-state index is 0.239. The van der Waals surface area contributed by atoms with Crippen LogP contribution >= 0.6 is 0 Å². The van der Waals surface area contributed by atoms with Gasteiger partial charge in [0, 0.05) is 11.6 Å². The lowest BCUT2D eigenvalue weighted by atomic mass is 9.94. The summed E-state index contributed by atoms with van der Waals surface area (Å²) < 4.78 is 0. The zero-order chi connectivity index (χ0) is 13.0. The maximum Gasteiger partial charge on any atom is 0.176 e. The Labute approximate surface area is 110 Å². The summed E-state index contributed by atoms with van der Waals surface area (Å²) in [6, 6.07) is 8.49. The highest BCUT2D eigenvalue weighted by molar-refractivity contribution is 5.97. The average molecular weight is 245 g/mol.